The highest BCUT2D eigenvalue weighted by molar-refractivity contribution is 5.88. The molecule has 1 aliphatic rings. The zero-order chi connectivity index (χ0) is 13.0. The fourth-order valence-corrected chi connectivity index (χ4v) is 1.87. The molecule has 2 rings (SSSR count). The zero-order valence-corrected chi connectivity index (χ0v) is 10.3. The Morgan fingerprint density at radius 1 is 1.61 bits per heavy atom. The molecule has 6 nitrogen and oxygen atoms in total. The maximum Gasteiger partial charge on any atom is 0.319 e. The van der Waals surface area contributed by atoms with Crippen molar-refractivity contribution < 1.29 is 9.53 Å². The number of nitrogens with zero attached hydrogens (tertiary/aromatic N) is 1. The summed E-state index contributed by atoms with van der Waals surface area (Å²) in [5, 5.41) is 5.23. The number of anilines is 1. The Labute approximate surface area is 105 Å². The Morgan fingerprint density at radius 3 is 3.17 bits per heavy atom. The van der Waals surface area contributed by atoms with Gasteiger partial charge in [0.2, 0.25) is 0 Å². The van der Waals surface area contributed by atoms with Gasteiger partial charge in [-0.25, -0.2) is 4.79 Å². The Hall–Kier alpha value is -1.82. The minimum absolute atomic E-state index is 0.0920. The number of pyridine rings is 1. The third-order valence-electron chi connectivity index (χ3n) is 2.89. The predicted octanol–water partition coefficient (Wildman–Crippen LogP) is 0.686. The maximum atomic E-state index is 11.7. The van der Waals surface area contributed by atoms with Crippen LogP contribution in [0.1, 0.15) is 12.8 Å². The van der Waals surface area contributed by atoms with Crippen LogP contribution in [0.4, 0.5) is 10.5 Å². The van der Waals surface area contributed by atoms with Crippen molar-refractivity contribution in [3.8, 4) is 0 Å². The van der Waals surface area contributed by atoms with Gasteiger partial charge in [-0.1, -0.05) is 0 Å². The van der Waals surface area contributed by atoms with Gasteiger partial charge < -0.3 is 19.9 Å². The molecule has 98 valence electrons. The second kappa shape index (κ2) is 5.68. The van der Waals surface area contributed by atoms with Crippen molar-refractivity contribution in [2.75, 3.05) is 18.5 Å². The Morgan fingerprint density at radius 2 is 2.44 bits per heavy atom. The molecule has 2 amide bonds. The van der Waals surface area contributed by atoms with Crippen LogP contribution in [0.3, 0.4) is 0 Å². The van der Waals surface area contributed by atoms with E-state index in [0.717, 1.165) is 19.4 Å². The molecule has 2 N–H and O–H groups in total. The fourth-order valence-electron chi connectivity index (χ4n) is 1.87. The molecular formula is C12H17N3O3. The monoisotopic (exact) mass is 251 g/mol. The van der Waals surface area contributed by atoms with Crippen LogP contribution >= 0.6 is 0 Å². The average molecular weight is 251 g/mol. The largest absolute Gasteiger partial charge is 0.376 e. The number of rotatable bonds is 3. The molecule has 1 atom stereocenters. The Balaban J connectivity index is 1.86. The molecule has 0 spiro atoms. The standard InChI is InChI=1S/C12H17N3O3/c1-15-6-2-5-10(11(15)16)14-12(17)13-8-9-4-3-7-18-9/h2,5-6,9H,3-4,7-8H2,1H3,(H2,13,14,17). The van der Waals surface area contributed by atoms with Crippen molar-refractivity contribution in [3.05, 3.63) is 28.7 Å². The van der Waals surface area contributed by atoms with E-state index in [0.29, 0.717) is 6.54 Å². The average Bonchev–Trinajstić information content (AvgIpc) is 2.86. The molecule has 2 heterocycles. The van der Waals surface area contributed by atoms with Crippen LogP contribution in [0.25, 0.3) is 0 Å². The molecule has 0 aromatic carbocycles. The number of carbonyl (C=O) groups excluding carboxylic acids is 1. The lowest BCUT2D eigenvalue weighted by Gasteiger charge is -2.11. The number of hydrogen-bond acceptors (Lipinski definition) is 3. The zero-order valence-electron chi connectivity index (χ0n) is 10.3. The van der Waals surface area contributed by atoms with Gasteiger partial charge >= 0.3 is 6.03 Å². The number of nitrogens with one attached hydrogen (secondary N) is 2. The van der Waals surface area contributed by atoms with E-state index in [-0.39, 0.29) is 23.4 Å². The van der Waals surface area contributed by atoms with Gasteiger partial charge in [-0.05, 0) is 25.0 Å². The molecule has 1 aromatic rings. The first-order valence-electron chi connectivity index (χ1n) is 5.99. The Bertz CT molecular complexity index is 478. The number of hydrogen-bond donors (Lipinski definition) is 2. The molecule has 0 aliphatic carbocycles. The van der Waals surface area contributed by atoms with E-state index in [9.17, 15) is 9.59 Å². The van der Waals surface area contributed by atoms with Gasteiger partial charge in [0.15, 0.2) is 0 Å². The summed E-state index contributed by atoms with van der Waals surface area (Å²) >= 11 is 0. The molecule has 0 radical (unpaired) electrons. The van der Waals surface area contributed by atoms with Crippen molar-refractivity contribution in [1.82, 2.24) is 9.88 Å². The van der Waals surface area contributed by atoms with E-state index in [1.54, 1.807) is 25.4 Å². The summed E-state index contributed by atoms with van der Waals surface area (Å²) in [5.74, 6) is 0. The summed E-state index contributed by atoms with van der Waals surface area (Å²) in [6.45, 7) is 1.23. The molecule has 18 heavy (non-hydrogen) atoms. The van der Waals surface area contributed by atoms with E-state index in [1.807, 2.05) is 0 Å². The highest BCUT2D eigenvalue weighted by atomic mass is 16.5. The molecule has 0 bridgehead atoms. The molecule has 1 aromatic heterocycles. The highest BCUT2D eigenvalue weighted by Crippen LogP contribution is 2.10. The van der Waals surface area contributed by atoms with Crippen LogP contribution in [0.2, 0.25) is 0 Å². The normalized spacial score (nSPS) is 18.6. The number of carbonyl (C=O) groups is 1. The summed E-state index contributed by atoms with van der Waals surface area (Å²) in [7, 11) is 1.64. The van der Waals surface area contributed by atoms with Crippen LogP contribution in [-0.2, 0) is 11.8 Å². The highest BCUT2D eigenvalue weighted by Gasteiger charge is 2.16. The summed E-state index contributed by atoms with van der Waals surface area (Å²) in [5.41, 5.74) is 0.0367. The van der Waals surface area contributed by atoms with Crippen LogP contribution in [0.15, 0.2) is 23.1 Å². The van der Waals surface area contributed by atoms with Crippen molar-refractivity contribution in [3.63, 3.8) is 0 Å². The number of aromatic nitrogens is 1. The smallest absolute Gasteiger partial charge is 0.319 e. The first-order chi connectivity index (χ1) is 8.66. The van der Waals surface area contributed by atoms with Gasteiger partial charge in [0.25, 0.3) is 5.56 Å². The van der Waals surface area contributed by atoms with Gasteiger partial charge in [0, 0.05) is 26.4 Å². The first kappa shape index (κ1) is 12.6. The summed E-state index contributed by atoms with van der Waals surface area (Å²) in [4.78, 5) is 23.3. The summed E-state index contributed by atoms with van der Waals surface area (Å²) in [6, 6.07) is 2.90. The molecular weight excluding hydrogens is 234 g/mol. The van der Waals surface area contributed by atoms with Crippen LogP contribution in [0.5, 0.6) is 0 Å². The topological polar surface area (TPSA) is 72.4 Å². The van der Waals surface area contributed by atoms with Gasteiger partial charge in [-0.3, -0.25) is 4.79 Å². The first-order valence-corrected chi connectivity index (χ1v) is 5.99. The summed E-state index contributed by atoms with van der Waals surface area (Å²) < 4.78 is 6.80. The van der Waals surface area contributed by atoms with E-state index >= 15 is 0 Å². The molecule has 1 saturated heterocycles. The molecule has 1 unspecified atom stereocenters. The number of aryl methyl sites for hydroxylation is 1. The minimum atomic E-state index is -0.381. The van der Waals surface area contributed by atoms with Gasteiger partial charge in [0.05, 0.1) is 6.10 Å². The van der Waals surface area contributed by atoms with Crippen molar-refractivity contribution in [1.29, 1.82) is 0 Å². The second-order valence-electron chi connectivity index (χ2n) is 4.31. The van der Waals surface area contributed by atoms with E-state index < -0.39 is 0 Å². The minimum Gasteiger partial charge on any atom is -0.376 e. The quantitative estimate of drug-likeness (QED) is 0.830. The number of amides is 2. The van der Waals surface area contributed by atoms with Crippen LogP contribution in [0, 0.1) is 0 Å². The van der Waals surface area contributed by atoms with Crippen LogP contribution in [-0.4, -0.2) is 29.9 Å². The Kier molecular flexibility index (Phi) is 3.99. The van der Waals surface area contributed by atoms with Gasteiger partial charge in [-0.2, -0.15) is 0 Å². The maximum absolute atomic E-state index is 11.7. The SMILES string of the molecule is Cn1cccc(NC(=O)NCC2CCCO2)c1=O. The van der Waals surface area contributed by atoms with Gasteiger partial charge in [-0.15, -0.1) is 0 Å². The molecule has 6 heteroatoms. The molecule has 1 aliphatic heterocycles. The third-order valence-corrected chi connectivity index (χ3v) is 2.89. The van der Waals surface area contributed by atoms with E-state index in [1.165, 1.54) is 4.57 Å². The lowest BCUT2D eigenvalue weighted by Crippen LogP contribution is -2.36. The van der Waals surface area contributed by atoms with Crippen molar-refractivity contribution in [2.24, 2.45) is 7.05 Å². The molecule has 0 saturated carbocycles. The lowest BCUT2D eigenvalue weighted by molar-refractivity contribution is 0.112. The molecule has 1 fully saturated rings. The van der Waals surface area contributed by atoms with Crippen molar-refractivity contribution in [2.45, 2.75) is 18.9 Å². The van der Waals surface area contributed by atoms with E-state index in [2.05, 4.69) is 10.6 Å². The van der Waals surface area contributed by atoms with Gasteiger partial charge in [0.1, 0.15) is 5.69 Å². The number of ether oxygens (including phenoxy) is 1. The van der Waals surface area contributed by atoms with Crippen molar-refractivity contribution >= 4 is 11.7 Å². The van der Waals surface area contributed by atoms with E-state index in [4.69, 9.17) is 4.74 Å². The fraction of sp³-hybridized carbons (Fsp3) is 0.500. The lowest BCUT2D eigenvalue weighted by atomic mass is 10.2. The number of urea groups is 1. The third kappa shape index (κ3) is 3.10. The van der Waals surface area contributed by atoms with Crippen LogP contribution < -0.4 is 16.2 Å². The predicted molar refractivity (Wildman–Crippen MR) is 67.7 cm³/mol. The summed E-state index contributed by atoms with van der Waals surface area (Å²) in [6.07, 6.45) is 3.73. The second-order valence-corrected chi connectivity index (χ2v) is 4.31.